The Morgan fingerprint density at radius 3 is 0.938 bits per heavy atom. The van der Waals surface area contributed by atoms with Gasteiger partial charge in [-0.15, -0.1) is 0 Å². The normalized spacial score (nSPS) is 5.75. The van der Waals surface area contributed by atoms with Crippen molar-refractivity contribution in [2.45, 2.75) is 0 Å². The second kappa shape index (κ2) is 24.4. The topological polar surface area (TPSA) is 104 Å². The summed E-state index contributed by atoms with van der Waals surface area (Å²) >= 11 is 0. The minimum absolute atomic E-state index is 0. The van der Waals surface area contributed by atoms with Gasteiger partial charge in [-0.25, -0.2) is 0 Å². The Kier molecular flexibility index (Phi) is 45.6. The van der Waals surface area contributed by atoms with Crippen LogP contribution in [0, 0.1) is 0 Å². The molecule has 0 atom stereocenters. The minimum atomic E-state index is -2.33. The van der Waals surface area contributed by atoms with E-state index in [9.17, 15) is 9.59 Å². The quantitative estimate of drug-likeness (QED) is 0.358. The van der Waals surface area contributed by atoms with Crippen LogP contribution in [-0.4, -0.2) is 57.0 Å². The molecule has 0 heterocycles. The molecule has 0 aromatic heterocycles. The molecule has 0 aromatic rings. The molecule has 0 radical (unpaired) electrons. The molecule has 7 nitrogen and oxygen atoms in total. The third-order valence-corrected chi connectivity index (χ3v) is 0.422. The Balaban J connectivity index is -0.0000000358. The van der Waals surface area contributed by atoms with Gasteiger partial charge < -0.3 is 24.8 Å². The van der Waals surface area contributed by atoms with E-state index in [1.165, 1.54) is 9.80 Å². The third-order valence-electron chi connectivity index (χ3n) is 0.422. The largest absolute Gasteiger partial charge is 1.00 e. The maximum absolute atomic E-state index is 9.43. The summed E-state index contributed by atoms with van der Waals surface area (Å²) in [6.45, 7) is 0. The summed E-state index contributed by atoms with van der Waals surface area (Å²) in [5, 5.41) is 16.7. The van der Waals surface area contributed by atoms with E-state index < -0.39 is 6.16 Å². The number of hydrogen-bond donors (Lipinski definition) is 0. The van der Waals surface area contributed by atoms with Crippen molar-refractivity contribution in [3.63, 3.8) is 0 Å². The van der Waals surface area contributed by atoms with E-state index in [-0.39, 0.29) is 59.1 Å². The smallest absolute Gasteiger partial charge is 0.652 e. The van der Waals surface area contributed by atoms with Crippen LogP contribution in [-0.2, 0) is 9.59 Å². The van der Waals surface area contributed by atoms with E-state index in [1.54, 1.807) is 28.2 Å². The SMILES string of the molecule is CN(C)C=O.CN(C)C=O.O=C([O-])[O-].[Na+].[Na+]. The minimum Gasteiger partial charge on any atom is -0.652 e. The number of carbonyl (C=O) groups excluding carboxylic acids is 3. The molecule has 0 bridgehead atoms. The van der Waals surface area contributed by atoms with E-state index in [0.29, 0.717) is 0 Å². The van der Waals surface area contributed by atoms with Crippen molar-refractivity contribution in [1.29, 1.82) is 0 Å². The molecule has 0 rings (SSSR count). The molecule has 2 amide bonds. The van der Waals surface area contributed by atoms with Gasteiger partial charge in [0.2, 0.25) is 12.8 Å². The first kappa shape index (κ1) is 29.8. The van der Waals surface area contributed by atoms with Crippen LogP contribution in [0.15, 0.2) is 0 Å². The third kappa shape index (κ3) is 140. The molecule has 84 valence electrons. The van der Waals surface area contributed by atoms with Crippen LogP contribution in [0.4, 0.5) is 4.79 Å². The fraction of sp³-hybridized carbons (Fsp3) is 0.571. The van der Waals surface area contributed by atoms with Gasteiger partial charge in [0.1, 0.15) is 0 Å². The predicted molar refractivity (Wildman–Crippen MR) is 44.9 cm³/mol. The first-order chi connectivity index (χ1) is 6.27. The molecular weight excluding hydrogens is 238 g/mol. The van der Waals surface area contributed by atoms with E-state index in [4.69, 9.17) is 15.0 Å². The predicted octanol–water partition coefficient (Wildman–Crippen LogP) is -9.03. The van der Waals surface area contributed by atoms with Crippen LogP contribution in [0.2, 0.25) is 0 Å². The van der Waals surface area contributed by atoms with Crippen molar-refractivity contribution < 1.29 is 83.7 Å². The van der Waals surface area contributed by atoms with Gasteiger partial charge in [0.25, 0.3) is 0 Å². The average molecular weight is 252 g/mol. The maximum atomic E-state index is 9.43. The van der Waals surface area contributed by atoms with Crippen molar-refractivity contribution in [2.24, 2.45) is 0 Å². The zero-order valence-electron chi connectivity index (χ0n) is 10.6. The molecule has 0 fully saturated rings. The second-order valence-electron chi connectivity index (χ2n) is 2.39. The van der Waals surface area contributed by atoms with E-state index >= 15 is 0 Å². The Morgan fingerprint density at radius 1 is 0.875 bits per heavy atom. The molecule has 0 saturated carbocycles. The van der Waals surface area contributed by atoms with Crippen LogP contribution in [0.3, 0.4) is 0 Å². The Bertz CT molecular complexity index is 151. The fourth-order valence-corrected chi connectivity index (χ4v) is 0. The van der Waals surface area contributed by atoms with Gasteiger partial charge in [0.05, 0.1) is 0 Å². The van der Waals surface area contributed by atoms with Crippen molar-refractivity contribution in [2.75, 3.05) is 28.2 Å². The Morgan fingerprint density at radius 2 is 0.938 bits per heavy atom. The Labute approximate surface area is 139 Å². The van der Waals surface area contributed by atoms with Gasteiger partial charge in [-0.3, -0.25) is 9.59 Å². The summed E-state index contributed by atoms with van der Waals surface area (Å²) in [5.74, 6) is 0. The average Bonchev–Trinajstić information content (AvgIpc) is 2.04. The molecule has 0 aliphatic rings. The van der Waals surface area contributed by atoms with Gasteiger partial charge in [0, 0.05) is 28.2 Å². The number of carbonyl (C=O) groups is 3. The molecule has 0 aliphatic heterocycles. The van der Waals surface area contributed by atoms with Crippen molar-refractivity contribution >= 4 is 19.0 Å². The summed E-state index contributed by atoms with van der Waals surface area (Å²) in [6.07, 6.45) is -0.833. The standard InChI is InChI=1S/2C3H7NO.CH2O3.2Na/c2*1-4(2)3-5;2-1(3)4;;/h2*3H,1-2H3;(H2,2,3,4);;/q;;;2*+1/p-2. The summed E-state index contributed by atoms with van der Waals surface area (Å²) in [7, 11) is 6.75. The monoisotopic (exact) mass is 252 g/mol. The van der Waals surface area contributed by atoms with Gasteiger partial charge in [-0.2, -0.15) is 0 Å². The van der Waals surface area contributed by atoms with Crippen LogP contribution in [0.25, 0.3) is 0 Å². The molecule has 0 N–H and O–H groups in total. The van der Waals surface area contributed by atoms with Gasteiger partial charge in [-0.05, 0) is 6.16 Å². The number of carboxylic acid groups (broad SMARTS) is 2. The van der Waals surface area contributed by atoms with Crippen molar-refractivity contribution in [3.8, 4) is 0 Å². The summed E-state index contributed by atoms with van der Waals surface area (Å²) in [5.41, 5.74) is 0. The van der Waals surface area contributed by atoms with Crippen LogP contribution in [0.1, 0.15) is 0 Å². The Hall–Kier alpha value is 0.210. The second-order valence-corrected chi connectivity index (χ2v) is 2.39. The molecule has 0 spiro atoms. The summed E-state index contributed by atoms with van der Waals surface area (Å²) in [6, 6.07) is 0. The van der Waals surface area contributed by atoms with Crippen molar-refractivity contribution in [1.82, 2.24) is 9.80 Å². The van der Waals surface area contributed by atoms with Crippen LogP contribution >= 0.6 is 0 Å². The molecule has 16 heavy (non-hydrogen) atoms. The van der Waals surface area contributed by atoms with Gasteiger partial charge in [-0.1, -0.05) is 0 Å². The number of amides is 2. The maximum Gasteiger partial charge on any atom is 1.00 e. The zero-order valence-corrected chi connectivity index (χ0v) is 14.6. The number of hydrogen-bond acceptors (Lipinski definition) is 5. The molecule has 9 heteroatoms. The summed E-state index contributed by atoms with van der Waals surface area (Å²) in [4.78, 5) is 30.1. The van der Waals surface area contributed by atoms with E-state index in [1.807, 2.05) is 0 Å². The van der Waals surface area contributed by atoms with Gasteiger partial charge in [0.15, 0.2) is 0 Å². The molecule has 0 aromatic carbocycles. The van der Waals surface area contributed by atoms with E-state index in [2.05, 4.69) is 0 Å². The van der Waals surface area contributed by atoms with Crippen LogP contribution in [0.5, 0.6) is 0 Å². The molecule has 0 aliphatic carbocycles. The van der Waals surface area contributed by atoms with Crippen LogP contribution < -0.4 is 69.3 Å². The van der Waals surface area contributed by atoms with E-state index in [0.717, 1.165) is 12.8 Å². The first-order valence-corrected chi connectivity index (χ1v) is 3.39. The molecular formula is C7H14N2Na2O5. The first-order valence-electron chi connectivity index (χ1n) is 3.39. The summed E-state index contributed by atoms with van der Waals surface area (Å²) < 4.78 is 0. The molecule has 0 unspecified atom stereocenters. The number of nitrogens with zero attached hydrogens (tertiary/aromatic N) is 2. The number of rotatable bonds is 2. The fourth-order valence-electron chi connectivity index (χ4n) is 0. The van der Waals surface area contributed by atoms with Gasteiger partial charge >= 0.3 is 59.1 Å². The zero-order chi connectivity index (χ0) is 12.1. The van der Waals surface area contributed by atoms with Crippen molar-refractivity contribution in [3.05, 3.63) is 0 Å². The molecule has 0 saturated heterocycles.